The van der Waals surface area contributed by atoms with Gasteiger partial charge in [0.15, 0.2) is 4.90 Å². The molecule has 1 aromatic rings. The first-order chi connectivity index (χ1) is 8.15. The van der Waals surface area contributed by atoms with Gasteiger partial charge in [-0.25, -0.2) is 26.3 Å². The highest BCUT2D eigenvalue weighted by molar-refractivity contribution is 7.89. The Labute approximate surface area is 101 Å². The third-order valence-corrected chi connectivity index (χ3v) is 3.62. The van der Waals surface area contributed by atoms with Gasteiger partial charge in [-0.15, -0.1) is 0 Å². The molecule has 0 amide bonds. The van der Waals surface area contributed by atoms with Gasteiger partial charge in [-0.05, 0) is 6.92 Å². The van der Waals surface area contributed by atoms with Crippen LogP contribution < -0.4 is 10.5 Å². The summed E-state index contributed by atoms with van der Waals surface area (Å²) in [5.74, 6) is -4.88. The fraction of sp³-hybridized carbons (Fsp3) is 0.222. The molecule has 4 N–H and O–H groups in total. The number of hydrogen-bond donors (Lipinski definition) is 3. The van der Waals surface area contributed by atoms with Crippen molar-refractivity contribution in [2.45, 2.75) is 17.9 Å². The van der Waals surface area contributed by atoms with E-state index in [9.17, 15) is 21.6 Å². The predicted octanol–water partition coefficient (Wildman–Crippen LogP) is 0.707. The Morgan fingerprint density at radius 3 is 2.17 bits per heavy atom. The molecule has 0 aliphatic heterocycles. The molecule has 1 atom stereocenters. The van der Waals surface area contributed by atoms with Gasteiger partial charge in [-0.1, -0.05) is 0 Å². The minimum absolute atomic E-state index is 0.246. The van der Waals surface area contributed by atoms with E-state index in [1.54, 1.807) is 4.72 Å². The Hall–Kier alpha value is -1.61. The monoisotopic (exact) mass is 281 g/mol. The summed E-state index contributed by atoms with van der Waals surface area (Å²) in [6.07, 6.45) is 0. The number of nitrogens with one attached hydrogen (secondary N) is 2. The van der Waals surface area contributed by atoms with E-state index < -0.39 is 44.2 Å². The van der Waals surface area contributed by atoms with Crippen LogP contribution in [-0.4, -0.2) is 20.3 Å². The molecule has 0 heterocycles. The maximum absolute atomic E-state index is 13.3. The Kier molecular flexibility index (Phi) is 3.97. The Balaban J connectivity index is 3.25. The molecule has 0 aromatic heterocycles. The summed E-state index contributed by atoms with van der Waals surface area (Å²) in [5, 5.41) is 6.99. The number of hydrogen-bond acceptors (Lipinski definition) is 3. The molecule has 5 nitrogen and oxygen atoms in total. The van der Waals surface area contributed by atoms with Crippen molar-refractivity contribution in [1.82, 2.24) is 4.72 Å². The maximum atomic E-state index is 13.3. The molecule has 1 aromatic carbocycles. The molecule has 18 heavy (non-hydrogen) atoms. The van der Waals surface area contributed by atoms with E-state index >= 15 is 0 Å². The molecule has 1 rings (SSSR count). The molecule has 0 saturated heterocycles. The number of amidine groups is 1. The normalized spacial score (nSPS) is 13.3. The summed E-state index contributed by atoms with van der Waals surface area (Å²) in [6, 6.07) is -0.648. The molecule has 0 aliphatic rings. The van der Waals surface area contributed by atoms with Gasteiger partial charge in [0, 0.05) is 12.1 Å². The molecule has 9 heteroatoms. The number of benzene rings is 1. The van der Waals surface area contributed by atoms with E-state index in [0.717, 1.165) is 0 Å². The van der Waals surface area contributed by atoms with Crippen LogP contribution in [0.5, 0.6) is 0 Å². The van der Waals surface area contributed by atoms with Crippen LogP contribution in [0.2, 0.25) is 0 Å². The lowest BCUT2D eigenvalue weighted by Crippen LogP contribution is -2.42. The van der Waals surface area contributed by atoms with Gasteiger partial charge in [0.25, 0.3) is 0 Å². The molecule has 0 saturated carbocycles. The van der Waals surface area contributed by atoms with E-state index in [1.165, 1.54) is 6.92 Å². The van der Waals surface area contributed by atoms with Gasteiger partial charge in [0.2, 0.25) is 10.0 Å². The zero-order chi connectivity index (χ0) is 14.1. The van der Waals surface area contributed by atoms with Crippen LogP contribution in [0, 0.1) is 22.9 Å². The first-order valence-corrected chi connectivity index (χ1v) is 6.14. The molecule has 100 valence electrons. The molecule has 0 bridgehead atoms. The van der Waals surface area contributed by atoms with E-state index in [-0.39, 0.29) is 12.1 Å². The minimum Gasteiger partial charge on any atom is -0.386 e. The number of sulfonamides is 1. The van der Waals surface area contributed by atoms with Gasteiger partial charge in [-0.2, -0.15) is 0 Å². The number of rotatable bonds is 4. The SMILES string of the molecule is CC(NS(=O)(=O)c1c(F)cc(F)cc1F)C(=N)N. The van der Waals surface area contributed by atoms with Crippen molar-refractivity contribution in [1.29, 1.82) is 5.41 Å². The molecule has 0 fully saturated rings. The van der Waals surface area contributed by atoms with Crippen molar-refractivity contribution >= 4 is 15.9 Å². The lowest BCUT2D eigenvalue weighted by atomic mass is 10.3. The van der Waals surface area contributed by atoms with E-state index in [0.29, 0.717) is 0 Å². The van der Waals surface area contributed by atoms with Gasteiger partial charge >= 0.3 is 0 Å². The summed E-state index contributed by atoms with van der Waals surface area (Å²) in [7, 11) is -4.57. The predicted molar refractivity (Wildman–Crippen MR) is 58.0 cm³/mol. The summed E-state index contributed by atoms with van der Waals surface area (Å²) < 4.78 is 64.2. The van der Waals surface area contributed by atoms with Crippen molar-refractivity contribution in [3.63, 3.8) is 0 Å². The maximum Gasteiger partial charge on any atom is 0.247 e. The molecule has 0 radical (unpaired) electrons. The lowest BCUT2D eigenvalue weighted by molar-refractivity contribution is 0.493. The van der Waals surface area contributed by atoms with E-state index in [4.69, 9.17) is 11.1 Å². The third kappa shape index (κ3) is 2.99. The van der Waals surface area contributed by atoms with Crippen molar-refractivity contribution in [2.75, 3.05) is 0 Å². The molecule has 1 unspecified atom stereocenters. The summed E-state index contributed by atoms with van der Waals surface area (Å²) in [6.45, 7) is 1.22. The second-order valence-corrected chi connectivity index (χ2v) is 5.15. The van der Waals surface area contributed by atoms with Crippen LogP contribution in [0.15, 0.2) is 17.0 Å². The van der Waals surface area contributed by atoms with Crippen molar-refractivity contribution < 1.29 is 21.6 Å². The fourth-order valence-corrected chi connectivity index (χ4v) is 2.48. The van der Waals surface area contributed by atoms with Crippen molar-refractivity contribution in [2.24, 2.45) is 5.73 Å². The average molecular weight is 281 g/mol. The first kappa shape index (κ1) is 14.5. The minimum atomic E-state index is -4.57. The van der Waals surface area contributed by atoms with Crippen LogP contribution in [-0.2, 0) is 10.0 Å². The quantitative estimate of drug-likeness (QED) is 0.560. The molecular weight excluding hydrogens is 271 g/mol. The van der Waals surface area contributed by atoms with Crippen LogP contribution in [0.25, 0.3) is 0 Å². The van der Waals surface area contributed by atoms with Gasteiger partial charge in [0.1, 0.15) is 23.3 Å². The van der Waals surface area contributed by atoms with Gasteiger partial charge in [0.05, 0.1) is 6.04 Å². The second-order valence-electron chi connectivity index (χ2n) is 3.50. The second kappa shape index (κ2) is 4.94. The highest BCUT2D eigenvalue weighted by Gasteiger charge is 2.27. The smallest absolute Gasteiger partial charge is 0.247 e. The first-order valence-electron chi connectivity index (χ1n) is 4.66. The van der Waals surface area contributed by atoms with Crippen LogP contribution >= 0.6 is 0 Å². The summed E-state index contributed by atoms with van der Waals surface area (Å²) in [4.78, 5) is -1.31. The molecule has 0 spiro atoms. The van der Waals surface area contributed by atoms with Crippen molar-refractivity contribution in [3.05, 3.63) is 29.6 Å². The van der Waals surface area contributed by atoms with Crippen molar-refractivity contribution in [3.8, 4) is 0 Å². The third-order valence-electron chi connectivity index (χ3n) is 2.03. The van der Waals surface area contributed by atoms with E-state index in [2.05, 4.69) is 0 Å². The molecule has 0 aliphatic carbocycles. The number of halogens is 3. The zero-order valence-corrected chi connectivity index (χ0v) is 9.98. The Bertz CT molecular complexity index is 566. The number of nitrogens with two attached hydrogens (primary N) is 1. The fourth-order valence-electron chi connectivity index (χ4n) is 1.14. The van der Waals surface area contributed by atoms with Gasteiger partial charge < -0.3 is 5.73 Å². The zero-order valence-electron chi connectivity index (χ0n) is 9.17. The van der Waals surface area contributed by atoms with E-state index in [1.807, 2.05) is 0 Å². The van der Waals surface area contributed by atoms with Crippen LogP contribution in [0.1, 0.15) is 6.92 Å². The largest absolute Gasteiger partial charge is 0.386 e. The lowest BCUT2D eigenvalue weighted by Gasteiger charge is -2.13. The highest BCUT2D eigenvalue weighted by atomic mass is 32.2. The average Bonchev–Trinajstić information content (AvgIpc) is 2.13. The summed E-state index contributed by atoms with van der Waals surface area (Å²) >= 11 is 0. The van der Waals surface area contributed by atoms with Crippen LogP contribution in [0.4, 0.5) is 13.2 Å². The summed E-state index contributed by atoms with van der Waals surface area (Å²) in [5.41, 5.74) is 5.03. The van der Waals surface area contributed by atoms with Gasteiger partial charge in [-0.3, -0.25) is 5.41 Å². The molecular formula is C9H10F3N3O2S. The Morgan fingerprint density at radius 1 is 1.33 bits per heavy atom. The Morgan fingerprint density at radius 2 is 1.78 bits per heavy atom. The highest BCUT2D eigenvalue weighted by Crippen LogP contribution is 2.20. The van der Waals surface area contributed by atoms with Crippen LogP contribution in [0.3, 0.4) is 0 Å². The standard InChI is InChI=1S/C9H10F3N3O2S/c1-4(9(13)14)15-18(16,17)8-6(11)2-5(10)3-7(8)12/h2-4,15H,1H3,(H3,13,14). The topological polar surface area (TPSA) is 96.0 Å².